The van der Waals surface area contributed by atoms with E-state index < -0.39 is 0 Å². The number of carbonyl (C=O) groups excluding carboxylic acids is 1. The molecule has 2 aromatic rings. The molecule has 4 rings (SSSR count). The summed E-state index contributed by atoms with van der Waals surface area (Å²) in [5.74, 6) is 1.98. The van der Waals surface area contributed by atoms with Gasteiger partial charge in [-0.15, -0.1) is 0 Å². The fraction of sp³-hybridized carbons (Fsp3) is 0.500. The van der Waals surface area contributed by atoms with E-state index in [0.29, 0.717) is 24.7 Å². The first-order chi connectivity index (χ1) is 11.2. The molecule has 1 saturated heterocycles. The number of likely N-dealkylation sites (tertiary alicyclic amines) is 1. The van der Waals surface area contributed by atoms with E-state index in [2.05, 4.69) is 20.4 Å². The third kappa shape index (κ3) is 2.84. The zero-order chi connectivity index (χ0) is 15.8. The van der Waals surface area contributed by atoms with Gasteiger partial charge in [0.25, 0.3) is 0 Å². The van der Waals surface area contributed by atoms with E-state index in [4.69, 9.17) is 4.52 Å². The Balaban J connectivity index is 1.46. The molecule has 1 amide bonds. The summed E-state index contributed by atoms with van der Waals surface area (Å²) < 4.78 is 5.27. The second-order valence-corrected chi connectivity index (χ2v) is 6.25. The van der Waals surface area contributed by atoms with Gasteiger partial charge >= 0.3 is 0 Å². The summed E-state index contributed by atoms with van der Waals surface area (Å²) >= 11 is 0. The van der Waals surface area contributed by atoms with Crippen LogP contribution in [0, 0.1) is 0 Å². The Morgan fingerprint density at radius 3 is 3.04 bits per heavy atom. The zero-order valence-corrected chi connectivity index (χ0v) is 13.0. The van der Waals surface area contributed by atoms with Gasteiger partial charge in [0.05, 0.1) is 12.6 Å². The molecule has 0 spiro atoms. The molecule has 1 N–H and O–H groups in total. The zero-order valence-electron chi connectivity index (χ0n) is 13.0. The van der Waals surface area contributed by atoms with E-state index in [0.717, 1.165) is 24.3 Å². The molecule has 23 heavy (non-hydrogen) atoms. The molecule has 7 heteroatoms. The highest BCUT2D eigenvalue weighted by Gasteiger charge is 2.38. The Kier molecular flexibility index (Phi) is 3.57. The molecule has 0 unspecified atom stereocenters. The van der Waals surface area contributed by atoms with Gasteiger partial charge in [-0.1, -0.05) is 11.2 Å². The standard InChI is InChI=1S/C16H19N5O2/c1-21-14(22)7-12(15(21)11-3-2-6-17-8-11)18-9-13-19-16(23-20-13)10-4-5-10/h2-3,6,8,10,12,15,18H,4-5,7,9H2,1H3/t12-,15+/m1/s1. The quantitative estimate of drug-likeness (QED) is 0.898. The van der Waals surface area contributed by atoms with Crippen LogP contribution in [0.3, 0.4) is 0 Å². The summed E-state index contributed by atoms with van der Waals surface area (Å²) in [5, 5.41) is 7.42. The van der Waals surface area contributed by atoms with Crippen LogP contribution in [0.4, 0.5) is 0 Å². The highest BCUT2D eigenvalue weighted by Crippen LogP contribution is 2.38. The minimum Gasteiger partial charge on any atom is -0.339 e. The van der Waals surface area contributed by atoms with Crippen molar-refractivity contribution in [2.45, 2.75) is 43.8 Å². The molecule has 2 atom stereocenters. The van der Waals surface area contributed by atoms with E-state index in [1.807, 2.05) is 25.4 Å². The van der Waals surface area contributed by atoms with Crippen molar-refractivity contribution in [3.05, 3.63) is 41.8 Å². The average molecular weight is 313 g/mol. The topological polar surface area (TPSA) is 84.2 Å². The molecule has 1 aliphatic carbocycles. The molecule has 3 heterocycles. The number of nitrogens with one attached hydrogen (secondary N) is 1. The van der Waals surface area contributed by atoms with Crippen LogP contribution in [0.15, 0.2) is 29.0 Å². The van der Waals surface area contributed by atoms with Crippen LogP contribution in [0.25, 0.3) is 0 Å². The molecule has 1 saturated carbocycles. The summed E-state index contributed by atoms with van der Waals surface area (Å²) in [6, 6.07) is 3.89. The summed E-state index contributed by atoms with van der Waals surface area (Å²) in [6.07, 6.45) is 6.29. The van der Waals surface area contributed by atoms with Gasteiger partial charge in [-0.05, 0) is 24.5 Å². The minimum atomic E-state index is -0.0222. The Hall–Kier alpha value is -2.28. The van der Waals surface area contributed by atoms with Gasteiger partial charge in [0.2, 0.25) is 11.8 Å². The number of carbonyl (C=O) groups is 1. The van der Waals surface area contributed by atoms with Crippen molar-refractivity contribution in [1.29, 1.82) is 0 Å². The third-order valence-electron chi connectivity index (χ3n) is 4.55. The van der Waals surface area contributed by atoms with Crippen LogP contribution < -0.4 is 5.32 Å². The van der Waals surface area contributed by atoms with Crippen LogP contribution >= 0.6 is 0 Å². The second kappa shape index (κ2) is 5.73. The largest absolute Gasteiger partial charge is 0.339 e. The van der Waals surface area contributed by atoms with Crippen molar-refractivity contribution in [3.8, 4) is 0 Å². The van der Waals surface area contributed by atoms with Crippen molar-refractivity contribution in [2.75, 3.05) is 7.05 Å². The molecule has 120 valence electrons. The molecule has 1 aliphatic heterocycles. The van der Waals surface area contributed by atoms with E-state index in [-0.39, 0.29) is 18.0 Å². The number of amides is 1. The molecule has 0 bridgehead atoms. The predicted molar refractivity (Wildman–Crippen MR) is 81.3 cm³/mol. The van der Waals surface area contributed by atoms with Crippen molar-refractivity contribution in [1.82, 2.24) is 25.3 Å². The maximum Gasteiger partial charge on any atom is 0.229 e. The Labute approximate surface area is 134 Å². The summed E-state index contributed by atoms with van der Waals surface area (Å²) in [7, 11) is 1.83. The molecule has 2 aromatic heterocycles. The molecule has 2 fully saturated rings. The summed E-state index contributed by atoms with van der Waals surface area (Å²) in [6.45, 7) is 0.499. The van der Waals surface area contributed by atoms with Crippen LogP contribution in [0.2, 0.25) is 0 Å². The number of aromatic nitrogens is 3. The monoisotopic (exact) mass is 313 g/mol. The van der Waals surface area contributed by atoms with E-state index in [1.54, 1.807) is 11.1 Å². The van der Waals surface area contributed by atoms with Crippen molar-refractivity contribution in [3.63, 3.8) is 0 Å². The van der Waals surface area contributed by atoms with Crippen LogP contribution in [0.5, 0.6) is 0 Å². The predicted octanol–water partition coefficient (Wildman–Crippen LogP) is 1.40. The normalized spacial score (nSPS) is 24.4. The molecular weight excluding hydrogens is 294 g/mol. The van der Waals surface area contributed by atoms with Crippen molar-refractivity contribution < 1.29 is 9.32 Å². The fourth-order valence-corrected chi connectivity index (χ4v) is 3.12. The molecule has 0 aromatic carbocycles. The number of hydrogen-bond donors (Lipinski definition) is 1. The van der Waals surface area contributed by atoms with Crippen LogP contribution in [-0.2, 0) is 11.3 Å². The Morgan fingerprint density at radius 2 is 2.30 bits per heavy atom. The molecule has 2 aliphatic rings. The SMILES string of the molecule is CN1C(=O)C[C@@H](NCc2noc(C3CC3)n2)[C@@H]1c1cccnc1. The molecule has 0 radical (unpaired) electrons. The van der Waals surface area contributed by atoms with Crippen molar-refractivity contribution in [2.24, 2.45) is 0 Å². The minimum absolute atomic E-state index is 0.0135. The van der Waals surface area contributed by atoms with E-state index in [1.165, 1.54) is 0 Å². The van der Waals surface area contributed by atoms with Crippen LogP contribution in [0.1, 0.15) is 48.5 Å². The number of likely N-dealkylation sites (N-methyl/N-ethyl adjacent to an activating group) is 1. The first kappa shape index (κ1) is 14.3. The summed E-state index contributed by atoms with van der Waals surface area (Å²) in [5.41, 5.74) is 1.03. The van der Waals surface area contributed by atoms with Gasteiger partial charge in [-0.25, -0.2) is 0 Å². The first-order valence-electron chi connectivity index (χ1n) is 7.94. The highest BCUT2D eigenvalue weighted by atomic mass is 16.5. The fourth-order valence-electron chi connectivity index (χ4n) is 3.12. The maximum absolute atomic E-state index is 12.1. The lowest BCUT2D eigenvalue weighted by Gasteiger charge is -2.25. The smallest absolute Gasteiger partial charge is 0.229 e. The molecule has 7 nitrogen and oxygen atoms in total. The van der Waals surface area contributed by atoms with Gasteiger partial charge < -0.3 is 14.7 Å². The lowest BCUT2D eigenvalue weighted by Crippen LogP contribution is -2.35. The van der Waals surface area contributed by atoms with Crippen molar-refractivity contribution >= 4 is 5.91 Å². The lowest BCUT2D eigenvalue weighted by molar-refractivity contribution is -0.127. The lowest BCUT2D eigenvalue weighted by atomic mass is 10.0. The van der Waals surface area contributed by atoms with Gasteiger partial charge in [0.1, 0.15) is 0 Å². The number of nitrogens with zero attached hydrogens (tertiary/aromatic N) is 4. The van der Waals surface area contributed by atoms with Gasteiger partial charge in [0, 0.05) is 37.8 Å². The van der Waals surface area contributed by atoms with Gasteiger partial charge in [-0.2, -0.15) is 4.98 Å². The second-order valence-electron chi connectivity index (χ2n) is 6.25. The maximum atomic E-state index is 12.1. The molecular formula is C16H19N5O2. The van der Waals surface area contributed by atoms with Gasteiger partial charge in [0.15, 0.2) is 5.82 Å². The Morgan fingerprint density at radius 1 is 1.43 bits per heavy atom. The van der Waals surface area contributed by atoms with Gasteiger partial charge in [-0.3, -0.25) is 9.78 Å². The number of hydrogen-bond acceptors (Lipinski definition) is 6. The van der Waals surface area contributed by atoms with E-state index in [9.17, 15) is 4.79 Å². The first-order valence-corrected chi connectivity index (χ1v) is 7.94. The summed E-state index contributed by atoms with van der Waals surface area (Å²) in [4.78, 5) is 22.5. The average Bonchev–Trinajstić information content (AvgIpc) is 3.24. The Bertz CT molecular complexity index is 698. The van der Waals surface area contributed by atoms with E-state index >= 15 is 0 Å². The highest BCUT2D eigenvalue weighted by molar-refractivity contribution is 5.80. The third-order valence-corrected chi connectivity index (χ3v) is 4.55. The van der Waals surface area contributed by atoms with Crippen LogP contribution in [-0.4, -0.2) is 39.0 Å². The number of rotatable bonds is 5. The number of pyridine rings is 1.